The number of rotatable bonds is 7. The van der Waals surface area contributed by atoms with Crippen molar-refractivity contribution >= 4 is 23.5 Å². The van der Waals surface area contributed by atoms with E-state index in [9.17, 15) is 9.59 Å². The van der Waals surface area contributed by atoms with Crippen LogP contribution in [0.25, 0.3) is 5.69 Å². The number of benzene rings is 2. The lowest BCUT2D eigenvalue weighted by atomic mass is 10.2. The summed E-state index contributed by atoms with van der Waals surface area (Å²) in [6, 6.07) is 14.2. The lowest BCUT2D eigenvalue weighted by molar-refractivity contribution is -0.124. The summed E-state index contributed by atoms with van der Waals surface area (Å²) in [4.78, 5) is 25.6. The number of hydrogen-bond acceptors (Lipinski definition) is 6. The minimum absolute atomic E-state index is 0.0301. The number of para-hydroxylation sites is 1. The number of nitrogens with zero attached hydrogens (tertiary/aromatic N) is 3. The van der Waals surface area contributed by atoms with Crippen molar-refractivity contribution in [3.05, 3.63) is 70.5 Å². The molecule has 3 rings (SSSR count). The van der Waals surface area contributed by atoms with Gasteiger partial charge in [0.25, 0.3) is 5.91 Å². The van der Waals surface area contributed by atoms with Gasteiger partial charge in [0, 0.05) is 17.1 Å². The molecule has 1 N–H and O–H groups in total. The van der Waals surface area contributed by atoms with Gasteiger partial charge in [0.1, 0.15) is 5.75 Å². The second-order valence-corrected chi connectivity index (χ2v) is 6.50. The summed E-state index contributed by atoms with van der Waals surface area (Å²) in [5.41, 5.74) is 1.83. The van der Waals surface area contributed by atoms with Crippen LogP contribution >= 0.6 is 11.6 Å². The molecule has 2 aromatic carbocycles. The van der Waals surface area contributed by atoms with Gasteiger partial charge in [0.05, 0.1) is 18.5 Å². The average molecular weight is 415 g/mol. The van der Waals surface area contributed by atoms with Crippen LogP contribution in [-0.4, -0.2) is 40.6 Å². The monoisotopic (exact) mass is 414 g/mol. The smallest absolute Gasteiger partial charge is 0.361 e. The number of halogens is 1. The summed E-state index contributed by atoms with van der Waals surface area (Å²) in [6.07, 6.45) is 0. The van der Waals surface area contributed by atoms with Gasteiger partial charge in [-0.15, -0.1) is 5.10 Å². The van der Waals surface area contributed by atoms with Crippen LogP contribution in [0.2, 0.25) is 5.02 Å². The van der Waals surface area contributed by atoms with E-state index < -0.39 is 18.5 Å². The van der Waals surface area contributed by atoms with E-state index in [2.05, 4.69) is 15.5 Å². The summed E-state index contributed by atoms with van der Waals surface area (Å²) in [7, 11) is 1.56. The van der Waals surface area contributed by atoms with Crippen molar-refractivity contribution in [2.24, 2.45) is 0 Å². The Labute approximate surface area is 172 Å². The minimum atomic E-state index is -0.733. The van der Waals surface area contributed by atoms with E-state index in [4.69, 9.17) is 21.1 Å². The van der Waals surface area contributed by atoms with Gasteiger partial charge >= 0.3 is 5.97 Å². The van der Waals surface area contributed by atoms with E-state index in [0.29, 0.717) is 22.2 Å². The Kier molecular flexibility index (Phi) is 6.46. The van der Waals surface area contributed by atoms with Crippen LogP contribution in [-0.2, 0) is 16.1 Å². The number of methoxy groups -OCH3 is 1. The highest BCUT2D eigenvalue weighted by molar-refractivity contribution is 6.30. The molecule has 3 aromatic rings. The standard InChI is InChI=1S/C20H19ClN4O4/c1-13-19(24-25(23-13)16-8-5-7-15(21)10-16)20(27)29-12-18(26)22-11-14-6-3-4-9-17(14)28-2/h3-10H,11-12H2,1-2H3,(H,22,26). The molecule has 8 nitrogen and oxygen atoms in total. The first-order chi connectivity index (χ1) is 14.0. The van der Waals surface area contributed by atoms with Gasteiger partial charge in [-0.1, -0.05) is 35.9 Å². The number of aromatic nitrogens is 3. The first kappa shape index (κ1) is 20.3. The Morgan fingerprint density at radius 1 is 1.14 bits per heavy atom. The van der Waals surface area contributed by atoms with Crippen LogP contribution in [0.5, 0.6) is 5.75 Å². The third kappa shape index (κ3) is 5.11. The highest BCUT2D eigenvalue weighted by Gasteiger charge is 2.19. The number of carbonyl (C=O) groups excluding carboxylic acids is 2. The molecule has 0 aliphatic carbocycles. The van der Waals surface area contributed by atoms with Crippen LogP contribution in [0.4, 0.5) is 0 Å². The molecule has 0 radical (unpaired) electrons. The van der Waals surface area contributed by atoms with E-state index in [1.807, 2.05) is 18.2 Å². The molecule has 0 aliphatic heterocycles. The fourth-order valence-corrected chi connectivity index (χ4v) is 2.76. The summed E-state index contributed by atoms with van der Waals surface area (Å²) in [6.45, 7) is 1.45. The van der Waals surface area contributed by atoms with Gasteiger partial charge in [-0.25, -0.2) is 4.79 Å². The molecule has 0 saturated carbocycles. The molecule has 0 fully saturated rings. The lowest BCUT2D eigenvalue weighted by Crippen LogP contribution is -2.28. The van der Waals surface area contributed by atoms with E-state index in [1.165, 1.54) is 4.80 Å². The maximum absolute atomic E-state index is 12.3. The molecule has 1 aromatic heterocycles. The van der Waals surface area contributed by atoms with E-state index in [0.717, 1.165) is 5.56 Å². The molecule has 1 heterocycles. The summed E-state index contributed by atoms with van der Waals surface area (Å²) in [5.74, 6) is -0.509. The van der Waals surface area contributed by atoms with Crippen molar-refractivity contribution < 1.29 is 19.1 Å². The molecule has 0 spiro atoms. The van der Waals surface area contributed by atoms with Crippen LogP contribution in [0.1, 0.15) is 21.7 Å². The Hall–Kier alpha value is -3.39. The Morgan fingerprint density at radius 3 is 2.69 bits per heavy atom. The molecule has 0 bridgehead atoms. The zero-order valence-corrected chi connectivity index (χ0v) is 16.6. The fraction of sp³-hybridized carbons (Fsp3) is 0.200. The molecule has 0 atom stereocenters. The average Bonchev–Trinajstić information content (AvgIpc) is 3.12. The maximum atomic E-state index is 12.3. The minimum Gasteiger partial charge on any atom is -0.496 e. The Balaban J connectivity index is 1.57. The van der Waals surface area contributed by atoms with Crippen molar-refractivity contribution in [3.63, 3.8) is 0 Å². The summed E-state index contributed by atoms with van der Waals surface area (Å²) in [5, 5.41) is 11.5. The fourth-order valence-electron chi connectivity index (χ4n) is 2.58. The second-order valence-electron chi connectivity index (χ2n) is 6.07. The van der Waals surface area contributed by atoms with Gasteiger partial charge < -0.3 is 14.8 Å². The molecule has 0 unspecified atom stereocenters. The van der Waals surface area contributed by atoms with Crippen molar-refractivity contribution in [1.29, 1.82) is 0 Å². The second kappa shape index (κ2) is 9.20. The lowest BCUT2D eigenvalue weighted by Gasteiger charge is -2.09. The topological polar surface area (TPSA) is 95.3 Å². The van der Waals surface area contributed by atoms with Gasteiger partial charge in [0.2, 0.25) is 0 Å². The van der Waals surface area contributed by atoms with Gasteiger partial charge in [-0.3, -0.25) is 4.79 Å². The van der Waals surface area contributed by atoms with Gasteiger partial charge in [-0.05, 0) is 31.2 Å². The first-order valence-corrected chi connectivity index (χ1v) is 9.11. The van der Waals surface area contributed by atoms with Crippen molar-refractivity contribution in [2.45, 2.75) is 13.5 Å². The number of nitrogens with one attached hydrogen (secondary N) is 1. The van der Waals surface area contributed by atoms with Crippen LogP contribution in [0, 0.1) is 6.92 Å². The highest BCUT2D eigenvalue weighted by atomic mass is 35.5. The maximum Gasteiger partial charge on any atom is 0.361 e. The largest absolute Gasteiger partial charge is 0.496 e. The van der Waals surface area contributed by atoms with E-state index in [1.54, 1.807) is 44.4 Å². The predicted molar refractivity (Wildman–Crippen MR) is 106 cm³/mol. The van der Waals surface area contributed by atoms with Crippen molar-refractivity contribution in [2.75, 3.05) is 13.7 Å². The van der Waals surface area contributed by atoms with Crippen LogP contribution < -0.4 is 10.1 Å². The van der Waals surface area contributed by atoms with Gasteiger partial charge in [0.15, 0.2) is 12.3 Å². The van der Waals surface area contributed by atoms with E-state index in [-0.39, 0.29) is 12.2 Å². The Bertz CT molecular complexity index is 1030. The van der Waals surface area contributed by atoms with Crippen molar-refractivity contribution in [1.82, 2.24) is 20.3 Å². The molecular weight excluding hydrogens is 396 g/mol. The molecular formula is C20H19ClN4O4. The zero-order chi connectivity index (χ0) is 20.8. The molecule has 150 valence electrons. The number of esters is 1. The summed E-state index contributed by atoms with van der Waals surface area (Å²) >= 11 is 5.97. The number of hydrogen-bond donors (Lipinski definition) is 1. The number of carbonyl (C=O) groups is 2. The summed E-state index contributed by atoms with van der Waals surface area (Å²) < 4.78 is 10.3. The molecule has 0 saturated heterocycles. The third-order valence-electron chi connectivity index (χ3n) is 4.02. The molecule has 1 amide bonds. The SMILES string of the molecule is COc1ccccc1CNC(=O)COC(=O)c1nn(-c2cccc(Cl)c2)nc1C. The number of ether oxygens (including phenoxy) is 2. The zero-order valence-electron chi connectivity index (χ0n) is 15.9. The van der Waals surface area contributed by atoms with Crippen LogP contribution in [0.3, 0.4) is 0 Å². The first-order valence-electron chi connectivity index (χ1n) is 8.73. The normalized spacial score (nSPS) is 10.4. The van der Waals surface area contributed by atoms with Crippen LogP contribution in [0.15, 0.2) is 48.5 Å². The Morgan fingerprint density at radius 2 is 1.93 bits per heavy atom. The molecule has 29 heavy (non-hydrogen) atoms. The van der Waals surface area contributed by atoms with E-state index >= 15 is 0 Å². The van der Waals surface area contributed by atoms with Gasteiger partial charge in [-0.2, -0.15) is 9.90 Å². The van der Waals surface area contributed by atoms with Crippen molar-refractivity contribution in [3.8, 4) is 11.4 Å². The molecule has 0 aliphatic rings. The number of amides is 1. The predicted octanol–water partition coefficient (Wildman–Crippen LogP) is 2.71. The third-order valence-corrected chi connectivity index (χ3v) is 4.25. The molecule has 9 heteroatoms. The number of aryl methyl sites for hydroxylation is 1. The highest BCUT2D eigenvalue weighted by Crippen LogP contribution is 2.17. The quantitative estimate of drug-likeness (QED) is 0.597.